The lowest BCUT2D eigenvalue weighted by molar-refractivity contribution is -0.119. The fourth-order valence-corrected chi connectivity index (χ4v) is 36.5. The number of nitrogens with one attached hydrogen (secondary N) is 1. The number of amides is 1. The molecule has 0 rings (SSSR count). The molecule has 20 nitrogen and oxygen atoms in total. The van der Waals surface area contributed by atoms with E-state index in [2.05, 4.69) is 25.0 Å². The van der Waals surface area contributed by atoms with Crippen LogP contribution in [0.3, 0.4) is 0 Å². The number of hydrogen-bond acceptors (Lipinski definition) is 19. The second-order valence-corrected chi connectivity index (χ2v) is 57.2. The molecule has 0 saturated carbocycles. The van der Waals surface area contributed by atoms with E-state index in [0.29, 0.717) is 6.54 Å². The van der Waals surface area contributed by atoms with Crippen LogP contribution in [0.1, 0.15) is 84.0 Å². The maximum atomic E-state index is 13.2. The van der Waals surface area contributed by atoms with E-state index in [0.717, 1.165) is 168 Å². The van der Waals surface area contributed by atoms with Crippen LogP contribution in [-0.2, 0) is 84.5 Å². The van der Waals surface area contributed by atoms with Crippen molar-refractivity contribution in [1.29, 1.82) is 0 Å². The van der Waals surface area contributed by atoms with Crippen molar-refractivity contribution < 1.29 is 84.5 Å². The maximum Gasteiger partial charge on any atom is 0.500 e. The highest BCUT2D eigenvalue weighted by Crippen LogP contribution is 2.43. The normalized spacial score (nSPS) is 13.9. The molecule has 0 bridgehead atoms. The fourth-order valence-electron chi connectivity index (χ4n) is 12.5. The van der Waals surface area contributed by atoms with Gasteiger partial charge in [0.05, 0.1) is 24.2 Å². The Morgan fingerprint density at radius 3 is 0.556 bits per heavy atom. The summed E-state index contributed by atoms with van der Waals surface area (Å²) in [6.07, 6.45) is 12.1. The van der Waals surface area contributed by atoms with Crippen molar-refractivity contribution >= 4 is 83.0 Å². The molecular weight excluding hydrogens is 1200 g/mol. The van der Waals surface area contributed by atoms with Gasteiger partial charge in [-0.05, 0) is 24.7 Å². The lowest BCUT2D eigenvalue weighted by Crippen LogP contribution is -2.44. The summed E-state index contributed by atoms with van der Waals surface area (Å²) in [6, 6.07) is 14.7. The van der Waals surface area contributed by atoms with Crippen molar-refractivity contribution in [3.63, 3.8) is 0 Å². The quantitative estimate of drug-likeness (QED) is 0.0564. The molecule has 29 heteroatoms. The van der Waals surface area contributed by atoms with Gasteiger partial charge < -0.3 is 85.0 Å². The molecule has 1 N–H and O–H groups in total. The summed E-state index contributed by atoms with van der Waals surface area (Å²) in [7, 11) is 8.18. The summed E-state index contributed by atoms with van der Waals surface area (Å²) in [5.74, 6) is 0.00879. The largest absolute Gasteiger partial charge is 0.500 e. The number of rotatable bonds is 56. The van der Waals surface area contributed by atoms with E-state index in [-0.39, 0.29) is 11.3 Å². The predicted molar refractivity (Wildman–Crippen MR) is 344 cm³/mol. The average Bonchev–Trinajstić information content (AvgIpc) is 3.48. The minimum Gasteiger partial charge on any atom is -0.377 e. The van der Waals surface area contributed by atoms with E-state index in [1.807, 2.05) is 0 Å². The van der Waals surface area contributed by atoms with Crippen molar-refractivity contribution in [1.82, 2.24) is 5.32 Å². The summed E-state index contributed by atoms with van der Waals surface area (Å²) in [4.78, 5) is 13.2. The number of hydrogen-bond donors (Lipinski definition) is 1. The van der Waals surface area contributed by atoms with Gasteiger partial charge in [0.1, 0.15) is 0 Å². The molecule has 0 aliphatic heterocycles. The van der Waals surface area contributed by atoms with E-state index in [1.54, 1.807) is 135 Å². The second kappa shape index (κ2) is 41.8. The van der Waals surface area contributed by atoms with Crippen LogP contribution >= 0.6 is 0 Å². The molecule has 81 heavy (non-hydrogen) atoms. The molecule has 0 fully saturated rings. The zero-order chi connectivity index (χ0) is 61.8. The summed E-state index contributed by atoms with van der Waals surface area (Å²) >= 11 is 0. The molecule has 0 aromatic carbocycles. The Kier molecular flexibility index (Phi) is 42.2. The highest BCUT2D eigenvalue weighted by molar-refractivity contribution is 6.80. The van der Waals surface area contributed by atoms with Crippen molar-refractivity contribution in [3.8, 4) is 0 Å². The van der Waals surface area contributed by atoms with E-state index < -0.39 is 77.0 Å². The van der Waals surface area contributed by atoms with Crippen molar-refractivity contribution in [3.05, 3.63) is 0 Å². The Hall–Kier alpha value is 0.702. The van der Waals surface area contributed by atoms with E-state index in [4.69, 9.17) is 79.7 Å². The van der Waals surface area contributed by atoms with Gasteiger partial charge in [0.25, 0.3) is 0 Å². The molecule has 0 saturated heterocycles. The van der Waals surface area contributed by atoms with E-state index in [9.17, 15) is 4.79 Å². The van der Waals surface area contributed by atoms with Crippen LogP contribution < -0.4 is 5.32 Å². The van der Waals surface area contributed by atoms with Crippen LogP contribution in [0.4, 0.5) is 0 Å². The predicted octanol–water partition coefficient (Wildman–Crippen LogP) is 11.3. The van der Waals surface area contributed by atoms with Crippen molar-refractivity contribution in [2.24, 2.45) is 5.41 Å². The Morgan fingerprint density at radius 2 is 0.420 bits per heavy atom. The van der Waals surface area contributed by atoms with Gasteiger partial charge in [-0.15, -0.1) is 0 Å². The SMILES string of the molecule is CO[Si](CCC[Si](C)(CCCC(CCC[Si](C)(CCC[Si](OC)(OC)OC)CCC[Si](OC)(OC)OC)(CCC[Si](C)(CCC[Si](OC)(OC)OC)CCC[Si](OC)(OC)OC)CNC(C)=O)CCC[Si](OC)(OC)OC)(OC)OC. The lowest BCUT2D eigenvalue weighted by Gasteiger charge is -2.39. The zero-order valence-electron chi connectivity index (χ0n) is 55.6. The van der Waals surface area contributed by atoms with Crippen LogP contribution in [0.25, 0.3) is 0 Å². The minimum absolute atomic E-state index is 0.00879. The van der Waals surface area contributed by atoms with E-state index >= 15 is 0 Å². The summed E-state index contributed by atoms with van der Waals surface area (Å²) < 4.78 is 106. The Balaban J connectivity index is 7.62. The van der Waals surface area contributed by atoms with Crippen molar-refractivity contribution in [2.45, 2.75) is 194 Å². The average molecular weight is 1320 g/mol. The van der Waals surface area contributed by atoms with Crippen LogP contribution in [0, 0.1) is 5.41 Å². The maximum absolute atomic E-state index is 13.2. The first kappa shape index (κ1) is 81.7. The topological polar surface area (TPSA) is 195 Å². The highest BCUT2D eigenvalue weighted by atomic mass is 28.4. The molecule has 0 atom stereocenters. The molecule has 0 aromatic rings. The van der Waals surface area contributed by atoms with Gasteiger partial charge in [-0.3, -0.25) is 4.79 Å². The first-order valence-corrected chi connectivity index (χ1v) is 50.5. The molecule has 1 amide bonds. The summed E-state index contributed by atoms with van der Waals surface area (Å²) in [5, 5.41) is 3.42. The van der Waals surface area contributed by atoms with Gasteiger partial charge >= 0.3 is 52.8 Å². The Bertz CT molecular complexity index is 1310. The molecule has 0 aliphatic carbocycles. The smallest absolute Gasteiger partial charge is 0.377 e. The minimum atomic E-state index is -2.77. The summed E-state index contributed by atoms with van der Waals surface area (Å²) in [6.45, 7) is 10.0. The van der Waals surface area contributed by atoms with Gasteiger partial charge in [-0.2, -0.15) is 0 Å². The van der Waals surface area contributed by atoms with Gasteiger partial charge in [0.2, 0.25) is 5.91 Å². The number of carbonyl (C=O) groups excluding carboxylic acids is 1. The lowest BCUT2D eigenvalue weighted by atomic mass is 9.75. The van der Waals surface area contributed by atoms with Crippen LogP contribution in [0.2, 0.25) is 110 Å². The Labute approximate surface area is 504 Å². The second-order valence-electron chi connectivity index (χ2n) is 23.3. The molecule has 0 aliphatic rings. The highest BCUT2D eigenvalue weighted by Gasteiger charge is 2.45. The molecule has 0 radical (unpaired) electrons. The molecular formula is C52H123NO19Si9. The van der Waals surface area contributed by atoms with E-state index in [1.165, 1.54) is 0 Å². The van der Waals surface area contributed by atoms with Gasteiger partial charge in [-0.25, -0.2) is 0 Å². The number of carbonyl (C=O) groups is 1. The van der Waals surface area contributed by atoms with Gasteiger partial charge in [0.15, 0.2) is 0 Å². The molecule has 0 aromatic heterocycles. The van der Waals surface area contributed by atoms with Gasteiger partial charge in [0, 0.05) is 178 Å². The van der Waals surface area contributed by atoms with Gasteiger partial charge in [-0.1, -0.05) is 132 Å². The third-order valence-electron chi connectivity index (χ3n) is 18.4. The van der Waals surface area contributed by atoms with Crippen molar-refractivity contribution in [2.75, 3.05) is 135 Å². The fraction of sp³-hybridized carbons (Fsp3) is 0.981. The van der Waals surface area contributed by atoms with Crippen LogP contribution in [-0.4, -0.2) is 217 Å². The first-order valence-electron chi connectivity index (χ1n) is 29.5. The third kappa shape index (κ3) is 28.4. The van der Waals surface area contributed by atoms with Crippen LogP contribution in [0.15, 0.2) is 0 Å². The molecule has 0 spiro atoms. The standard InChI is InChI=1S/C52H123NO19Si9/c1-51(54)53-50-52(32-23-35-73(20,38-26-44-76(55-2,56-3)57-4)39-27-45-77(58-5,59-6)60-7,33-24-36-74(21,40-28-46-78(61-8,62-9)63-10)41-29-47-79(64-11,65-12)66-13)34-25-37-75(22,42-30-48-80(67-14,68-15)69-16)43-31-49-81(70-17,71-18)72-19/h23-50H2,1-22H3,(H,53,54). The zero-order valence-corrected chi connectivity index (χ0v) is 64.6. The first-order chi connectivity index (χ1) is 38.4. The third-order valence-corrected chi connectivity index (χ3v) is 49.4. The summed E-state index contributed by atoms with van der Waals surface area (Å²) in [5.41, 5.74) is -0.122. The molecule has 486 valence electrons. The Morgan fingerprint density at radius 1 is 0.272 bits per heavy atom. The monoisotopic (exact) mass is 1320 g/mol. The molecule has 0 heterocycles. The van der Waals surface area contributed by atoms with Crippen LogP contribution in [0.5, 0.6) is 0 Å². The molecule has 0 unspecified atom stereocenters.